The third-order valence-electron chi connectivity index (χ3n) is 2.97. The molecule has 2 atom stereocenters. The second-order valence-corrected chi connectivity index (χ2v) is 4.62. The van der Waals surface area contributed by atoms with Gasteiger partial charge in [-0.3, -0.25) is 0 Å². The summed E-state index contributed by atoms with van der Waals surface area (Å²) in [5.74, 6) is -0.438. The molecular formula is C14H20N2O3. The zero-order chi connectivity index (χ0) is 14.3. The number of aromatic hydroxyl groups is 2. The summed E-state index contributed by atoms with van der Waals surface area (Å²) in [7, 11) is 0. The number of aliphatic hydroxyl groups is 1. The number of aliphatic hydroxyl groups excluding tert-OH is 1. The Kier molecular flexibility index (Phi) is 6.13. The molecule has 0 aromatic heterocycles. The monoisotopic (exact) mass is 264 g/mol. The van der Waals surface area contributed by atoms with Crippen molar-refractivity contribution < 1.29 is 15.3 Å². The first kappa shape index (κ1) is 15.3. The van der Waals surface area contributed by atoms with E-state index in [1.165, 1.54) is 12.1 Å². The summed E-state index contributed by atoms with van der Waals surface area (Å²) in [6.07, 6.45) is 1.51. The van der Waals surface area contributed by atoms with Crippen molar-refractivity contribution in [1.29, 1.82) is 5.26 Å². The Morgan fingerprint density at radius 2 is 2.05 bits per heavy atom. The molecule has 104 valence electrons. The Bertz CT molecular complexity index is 443. The fraction of sp³-hybridized carbons (Fsp3) is 0.500. The van der Waals surface area contributed by atoms with Crippen molar-refractivity contribution in [2.24, 2.45) is 0 Å². The van der Waals surface area contributed by atoms with Crippen LogP contribution in [0.4, 0.5) is 0 Å². The molecule has 0 fully saturated rings. The SMILES string of the molecule is CC(CCCC#N)NCC(O)c1ccc(O)c(O)c1. The molecule has 0 aliphatic rings. The van der Waals surface area contributed by atoms with E-state index in [1.54, 1.807) is 6.07 Å². The van der Waals surface area contributed by atoms with Gasteiger partial charge in [-0.15, -0.1) is 0 Å². The summed E-state index contributed by atoms with van der Waals surface area (Å²) in [6, 6.07) is 6.58. The first-order valence-electron chi connectivity index (χ1n) is 6.35. The van der Waals surface area contributed by atoms with Gasteiger partial charge < -0.3 is 20.6 Å². The smallest absolute Gasteiger partial charge is 0.157 e. The summed E-state index contributed by atoms with van der Waals surface area (Å²) in [5, 5.41) is 40.1. The maximum atomic E-state index is 9.95. The van der Waals surface area contributed by atoms with Crippen LogP contribution in [0.3, 0.4) is 0 Å². The Hall–Kier alpha value is -1.77. The molecule has 0 amide bonds. The molecule has 5 heteroatoms. The van der Waals surface area contributed by atoms with Gasteiger partial charge in [0.2, 0.25) is 0 Å². The topological polar surface area (TPSA) is 96.5 Å². The van der Waals surface area contributed by atoms with Gasteiger partial charge in [-0.1, -0.05) is 6.07 Å². The van der Waals surface area contributed by atoms with Crippen LogP contribution in [0.25, 0.3) is 0 Å². The van der Waals surface area contributed by atoms with E-state index in [-0.39, 0.29) is 17.5 Å². The Labute approximate surface area is 113 Å². The van der Waals surface area contributed by atoms with Crippen molar-refractivity contribution in [1.82, 2.24) is 5.32 Å². The molecule has 1 aromatic carbocycles. The summed E-state index contributed by atoms with van der Waals surface area (Å²) >= 11 is 0. The second kappa shape index (κ2) is 7.62. The number of nitrogens with one attached hydrogen (secondary N) is 1. The van der Waals surface area contributed by atoms with Crippen LogP contribution in [-0.2, 0) is 0 Å². The molecule has 0 aliphatic heterocycles. The first-order valence-corrected chi connectivity index (χ1v) is 6.35. The minimum absolute atomic E-state index is 0.200. The van der Waals surface area contributed by atoms with Crippen LogP contribution in [0.5, 0.6) is 11.5 Å². The third kappa shape index (κ3) is 5.16. The van der Waals surface area contributed by atoms with Crippen LogP contribution < -0.4 is 5.32 Å². The molecule has 2 unspecified atom stereocenters. The quantitative estimate of drug-likeness (QED) is 0.445. The van der Waals surface area contributed by atoms with Crippen LogP contribution in [0.2, 0.25) is 0 Å². The Morgan fingerprint density at radius 3 is 2.68 bits per heavy atom. The fourth-order valence-electron chi connectivity index (χ4n) is 1.77. The Balaban J connectivity index is 2.40. The lowest BCUT2D eigenvalue weighted by molar-refractivity contribution is 0.169. The van der Waals surface area contributed by atoms with E-state index >= 15 is 0 Å². The van der Waals surface area contributed by atoms with Crippen LogP contribution in [0, 0.1) is 11.3 Å². The van der Waals surface area contributed by atoms with Crippen LogP contribution in [0.15, 0.2) is 18.2 Å². The van der Waals surface area contributed by atoms with E-state index in [2.05, 4.69) is 11.4 Å². The molecule has 5 nitrogen and oxygen atoms in total. The average Bonchev–Trinajstić information content (AvgIpc) is 2.39. The summed E-state index contributed by atoms with van der Waals surface area (Å²) < 4.78 is 0. The molecule has 0 saturated carbocycles. The van der Waals surface area contributed by atoms with Crippen molar-refractivity contribution in [2.45, 2.75) is 38.3 Å². The molecule has 19 heavy (non-hydrogen) atoms. The molecule has 0 spiro atoms. The maximum Gasteiger partial charge on any atom is 0.157 e. The standard InChI is InChI=1S/C14H20N2O3/c1-10(4-2-3-7-15)16-9-14(19)11-5-6-12(17)13(18)8-11/h5-6,8,10,14,16-19H,2-4,9H2,1H3. The van der Waals surface area contributed by atoms with E-state index < -0.39 is 6.10 Å². The Morgan fingerprint density at radius 1 is 1.32 bits per heavy atom. The highest BCUT2D eigenvalue weighted by Crippen LogP contribution is 2.27. The van der Waals surface area contributed by atoms with Gasteiger partial charge in [-0.2, -0.15) is 5.26 Å². The third-order valence-corrected chi connectivity index (χ3v) is 2.97. The molecule has 4 N–H and O–H groups in total. The molecular weight excluding hydrogens is 244 g/mol. The predicted molar refractivity (Wildman–Crippen MR) is 71.7 cm³/mol. The number of hydrogen-bond donors (Lipinski definition) is 4. The number of phenolic OH excluding ortho intramolecular Hbond substituents is 2. The molecule has 0 aliphatic carbocycles. The van der Waals surface area contributed by atoms with Crippen LogP contribution >= 0.6 is 0 Å². The number of benzene rings is 1. The highest BCUT2D eigenvalue weighted by Gasteiger charge is 2.11. The van der Waals surface area contributed by atoms with E-state index in [9.17, 15) is 15.3 Å². The van der Waals surface area contributed by atoms with E-state index in [0.29, 0.717) is 18.5 Å². The van der Waals surface area contributed by atoms with Crippen LogP contribution in [0.1, 0.15) is 37.9 Å². The number of phenols is 2. The first-order chi connectivity index (χ1) is 9.04. The van der Waals surface area contributed by atoms with Gasteiger partial charge in [0.1, 0.15) is 0 Å². The molecule has 1 rings (SSSR count). The zero-order valence-corrected chi connectivity index (χ0v) is 11.0. The number of nitriles is 1. The molecule has 0 bridgehead atoms. The minimum atomic E-state index is -0.745. The molecule has 0 radical (unpaired) electrons. The average molecular weight is 264 g/mol. The van der Waals surface area contributed by atoms with Crippen LogP contribution in [-0.4, -0.2) is 27.9 Å². The van der Waals surface area contributed by atoms with Gasteiger partial charge in [-0.05, 0) is 37.5 Å². The summed E-state index contributed by atoms with van der Waals surface area (Å²) in [6.45, 7) is 2.36. The number of rotatable bonds is 7. The predicted octanol–water partition coefficient (Wildman–Crippen LogP) is 1.80. The maximum absolute atomic E-state index is 9.95. The highest BCUT2D eigenvalue weighted by atomic mass is 16.3. The van der Waals surface area contributed by atoms with Crippen molar-refractivity contribution in [3.63, 3.8) is 0 Å². The van der Waals surface area contributed by atoms with Gasteiger partial charge >= 0.3 is 0 Å². The normalized spacial score (nSPS) is 13.7. The number of unbranched alkanes of at least 4 members (excludes halogenated alkanes) is 1. The lowest BCUT2D eigenvalue weighted by Crippen LogP contribution is -2.30. The van der Waals surface area contributed by atoms with Crippen molar-refractivity contribution in [3.8, 4) is 17.6 Å². The summed E-state index contributed by atoms with van der Waals surface area (Å²) in [5.41, 5.74) is 0.548. The molecule has 0 saturated heterocycles. The second-order valence-electron chi connectivity index (χ2n) is 4.62. The lowest BCUT2D eigenvalue weighted by Gasteiger charge is -2.17. The number of nitrogens with zero attached hydrogens (tertiary/aromatic N) is 1. The zero-order valence-electron chi connectivity index (χ0n) is 11.0. The summed E-state index contributed by atoms with van der Waals surface area (Å²) in [4.78, 5) is 0. The van der Waals surface area contributed by atoms with Gasteiger partial charge in [0, 0.05) is 19.0 Å². The number of hydrogen-bond acceptors (Lipinski definition) is 5. The van der Waals surface area contributed by atoms with Crippen molar-refractivity contribution in [2.75, 3.05) is 6.54 Å². The lowest BCUT2D eigenvalue weighted by atomic mass is 10.1. The highest BCUT2D eigenvalue weighted by molar-refractivity contribution is 5.41. The molecule has 1 aromatic rings. The van der Waals surface area contributed by atoms with Gasteiger partial charge in [0.15, 0.2) is 11.5 Å². The van der Waals surface area contributed by atoms with Gasteiger partial charge in [0.05, 0.1) is 12.2 Å². The van der Waals surface area contributed by atoms with E-state index in [1.807, 2.05) is 6.92 Å². The van der Waals surface area contributed by atoms with E-state index in [4.69, 9.17) is 5.26 Å². The van der Waals surface area contributed by atoms with Gasteiger partial charge in [-0.25, -0.2) is 0 Å². The molecule has 0 heterocycles. The minimum Gasteiger partial charge on any atom is -0.504 e. The van der Waals surface area contributed by atoms with E-state index in [0.717, 1.165) is 12.8 Å². The van der Waals surface area contributed by atoms with Crippen molar-refractivity contribution in [3.05, 3.63) is 23.8 Å². The van der Waals surface area contributed by atoms with Crippen molar-refractivity contribution >= 4 is 0 Å². The largest absolute Gasteiger partial charge is 0.504 e. The fourth-order valence-corrected chi connectivity index (χ4v) is 1.77. The van der Waals surface area contributed by atoms with Gasteiger partial charge in [0.25, 0.3) is 0 Å².